The lowest BCUT2D eigenvalue weighted by molar-refractivity contribution is -0.386. The Morgan fingerprint density at radius 2 is 2.27 bits per heavy atom. The molecule has 0 aliphatic heterocycles. The van der Waals surface area contributed by atoms with Crippen molar-refractivity contribution < 1.29 is 14.4 Å². The molecule has 0 bridgehead atoms. The summed E-state index contributed by atoms with van der Waals surface area (Å²) in [4.78, 5) is 9.94. The third-order valence-electron chi connectivity index (χ3n) is 2.14. The van der Waals surface area contributed by atoms with E-state index in [-0.39, 0.29) is 17.8 Å². The number of nitrogens with two attached hydrogens (primary N) is 1. The van der Waals surface area contributed by atoms with Crippen molar-refractivity contribution in [2.24, 2.45) is 5.73 Å². The molecule has 6 heteroatoms. The van der Waals surface area contributed by atoms with Gasteiger partial charge in [0.1, 0.15) is 5.82 Å². The highest BCUT2D eigenvalue weighted by Gasteiger charge is 2.24. The molecule has 0 aliphatic rings. The summed E-state index contributed by atoms with van der Waals surface area (Å²) in [7, 11) is 0. The van der Waals surface area contributed by atoms with Crippen LogP contribution in [0.15, 0.2) is 18.2 Å². The summed E-state index contributed by atoms with van der Waals surface area (Å²) in [5, 5.41) is 19.6. The lowest BCUT2D eigenvalue weighted by Gasteiger charge is -2.12. The third kappa shape index (κ3) is 2.28. The van der Waals surface area contributed by atoms with E-state index in [9.17, 15) is 14.5 Å². The van der Waals surface area contributed by atoms with E-state index >= 15 is 0 Å². The summed E-state index contributed by atoms with van der Waals surface area (Å²) >= 11 is 0. The molecule has 0 fully saturated rings. The zero-order valence-corrected chi connectivity index (χ0v) is 7.89. The standard InChI is InChI=1S/C9H11FN2O3/c10-7-2-1-3-8(12(14)15)9(7)6(4-11)5-13/h1-3,6,13H,4-5,11H2. The minimum Gasteiger partial charge on any atom is -0.396 e. The van der Waals surface area contributed by atoms with Crippen molar-refractivity contribution in [3.63, 3.8) is 0 Å². The highest BCUT2D eigenvalue weighted by atomic mass is 19.1. The van der Waals surface area contributed by atoms with E-state index in [4.69, 9.17) is 10.8 Å². The van der Waals surface area contributed by atoms with Crippen LogP contribution in [0.25, 0.3) is 0 Å². The minimum atomic E-state index is -0.744. The molecule has 1 atom stereocenters. The van der Waals surface area contributed by atoms with Crippen LogP contribution in [-0.2, 0) is 0 Å². The largest absolute Gasteiger partial charge is 0.396 e. The number of aliphatic hydroxyl groups excluding tert-OH is 1. The number of rotatable bonds is 4. The van der Waals surface area contributed by atoms with Gasteiger partial charge in [0.05, 0.1) is 17.1 Å². The Hall–Kier alpha value is -1.53. The first-order chi connectivity index (χ1) is 7.11. The maximum Gasteiger partial charge on any atom is 0.275 e. The van der Waals surface area contributed by atoms with E-state index in [1.54, 1.807) is 0 Å². The van der Waals surface area contributed by atoms with Crippen molar-refractivity contribution in [1.82, 2.24) is 0 Å². The zero-order valence-electron chi connectivity index (χ0n) is 7.89. The van der Waals surface area contributed by atoms with Gasteiger partial charge in [-0.2, -0.15) is 0 Å². The summed E-state index contributed by atoms with van der Waals surface area (Å²) in [6, 6.07) is 3.55. The normalized spacial score (nSPS) is 12.5. The van der Waals surface area contributed by atoms with Gasteiger partial charge in [0.15, 0.2) is 0 Å². The van der Waals surface area contributed by atoms with Gasteiger partial charge in [0.25, 0.3) is 5.69 Å². The Balaban J connectivity index is 3.29. The summed E-state index contributed by atoms with van der Waals surface area (Å²) < 4.78 is 13.4. The lowest BCUT2D eigenvalue weighted by atomic mass is 9.98. The number of aliphatic hydroxyl groups is 1. The molecule has 0 radical (unpaired) electrons. The van der Waals surface area contributed by atoms with Crippen LogP contribution in [-0.4, -0.2) is 23.2 Å². The number of nitro groups is 1. The molecule has 0 saturated carbocycles. The quantitative estimate of drug-likeness (QED) is 0.572. The second kappa shape index (κ2) is 4.81. The number of hydrogen-bond acceptors (Lipinski definition) is 4. The van der Waals surface area contributed by atoms with Gasteiger partial charge in [-0.05, 0) is 6.07 Å². The molecule has 0 amide bonds. The summed E-state index contributed by atoms with van der Waals surface area (Å²) in [6.45, 7) is -0.462. The molecule has 0 spiro atoms. The second-order valence-electron chi connectivity index (χ2n) is 3.04. The molecule has 0 heterocycles. The molecule has 0 aliphatic carbocycles. The van der Waals surface area contributed by atoms with E-state index < -0.39 is 23.3 Å². The van der Waals surface area contributed by atoms with Gasteiger partial charge in [0, 0.05) is 18.5 Å². The average molecular weight is 214 g/mol. The average Bonchev–Trinajstić information content (AvgIpc) is 2.21. The molecule has 82 valence electrons. The van der Waals surface area contributed by atoms with Crippen molar-refractivity contribution in [3.05, 3.63) is 39.7 Å². The van der Waals surface area contributed by atoms with Crippen molar-refractivity contribution in [3.8, 4) is 0 Å². The smallest absolute Gasteiger partial charge is 0.275 e. The van der Waals surface area contributed by atoms with Gasteiger partial charge in [0.2, 0.25) is 0 Å². The number of nitro benzene ring substituents is 1. The Kier molecular flexibility index (Phi) is 3.70. The molecule has 5 nitrogen and oxygen atoms in total. The van der Waals surface area contributed by atoms with Crippen molar-refractivity contribution in [2.45, 2.75) is 5.92 Å². The minimum absolute atomic E-state index is 0.0434. The Labute approximate surface area is 85.5 Å². The first-order valence-electron chi connectivity index (χ1n) is 4.35. The maximum absolute atomic E-state index is 13.4. The van der Waals surface area contributed by atoms with Crippen molar-refractivity contribution in [1.29, 1.82) is 0 Å². The molecule has 1 unspecified atom stereocenters. The maximum atomic E-state index is 13.4. The van der Waals surface area contributed by atoms with Gasteiger partial charge in [-0.3, -0.25) is 10.1 Å². The Morgan fingerprint density at radius 3 is 2.73 bits per heavy atom. The Morgan fingerprint density at radius 1 is 1.60 bits per heavy atom. The fourth-order valence-electron chi connectivity index (χ4n) is 1.37. The van der Waals surface area contributed by atoms with Crippen LogP contribution in [0.3, 0.4) is 0 Å². The van der Waals surface area contributed by atoms with Gasteiger partial charge in [-0.15, -0.1) is 0 Å². The number of hydrogen-bond donors (Lipinski definition) is 2. The van der Waals surface area contributed by atoms with E-state index in [0.29, 0.717) is 0 Å². The fraction of sp³-hybridized carbons (Fsp3) is 0.333. The topological polar surface area (TPSA) is 89.4 Å². The first kappa shape index (κ1) is 11.5. The molecule has 15 heavy (non-hydrogen) atoms. The molecule has 1 aromatic carbocycles. The van der Waals surface area contributed by atoms with E-state index in [0.717, 1.165) is 6.07 Å². The van der Waals surface area contributed by atoms with Crippen LogP contribution in [0.5, 0.6) is 0 Å². The predicted molar refractivity (Wildman–Crippen MR) is 51.9 cm³/mol. The predicted octanol–water partition coefficient (Wildman–Crippen LogP) is 0.768. The van der Waals surface area contributed by atoms with E-state index in [1.807, 2.05) is 0 Å². The monoisotopic (exact) mass is 214 g/mol. The van der Waals surface area contributed by atoms with E-state index in [1.165, 1.54) is 12.1 Å². The van der Waals surface area contributed by atoms with Crippen LogP contribution in [0.2, 0.25) is 0 Å². The highest BCUT2D eigenvalue weighted by Crippen LogP contribution is 2.28. The van der Waals surface area contributed by atoms with Crippen LogP contribution in [0, 0.1) is 15.9 Å². The van der Waals surface area contributed by atoms with Gasteiger partial charge >= 0.3 is 0 Å². The van der Waals surface area contributed by atoms with E-state index in [2.05, 4.69) is 0 Å². The summed E-state index contributed by atoms with van der Waals surface area (Å²) in [6.07, 6.45) is 0. The molecular formula is C9H11FN2O3. The van der Waals surface area contributed by atoms with Crippen molar-refractivity contribution in [2.75, 3.05) is 13.2 Å². The second-order valence-corrected chi connectivity index (χ2v) is 3.04. The summed E-state index contributed by atoms with van der Waals surface area (Å²) in [5.74, 6) is -1.46. The molecule has 3 N–H and O–H groups in total. The highest BCUT2D eigenvalue weighted by molar-refractivity contribution is 5.43. The molecule has 0 aromatic heterocycles. The van der Waals surface area contributed by atoms with Crippen LogP contribution in [0.4, 0.5) is 10.1 Å². The number of halogens is 1. The summed E-state index contributed by atoms with van der Waals surface area (Å²) in [5.41, 5.74) is 4.82. The van der Waals surface area contributed by atoms with Crippen LogP contribution in [0.1, 0.15) is 11.5 Å². The molecular weight excluding hydrogens is 203 g/mol. The SMILES string of the molecule is NCC(CO)c1c(F)cccc1[N+](=O)[O-]. The first-order valence-corrected chi connectivity index (χ1v) is 4.35. The van der Waals surface area contributed by atoms with Crippen molar-refractivity contribution >= 4 is 5.69 Å². The molecule has 0 saturated heterocycles. The zero-order chi connectivity index (χ0) is 11.4. The van der Waals surface area contributed by atoms with Gasteiger partial charge in [-0.25, -0.2) is 4.39 Å². The lowest BCUT2D eigenvalue weighted by Crippen LogP contribution is -2.18. The third-order valence-corrected chi connectivity index (χ3v) is 2.14. The van der Waals surface area contributed by atoms with Crippen LogP contribution < -0.4 is 5.73 Å². The van der Waals surface area contributed by atoms with Gasteiger partial charge < -0.3 is 10.8 Å². The molecule has 1 aromatic rings. The van der Waals surface area contributed by atoms with Gasteiger partial charge in [-0.1, -0.05) is 6.07 Å². The Bertz CT molecular complexity index is 366. The number of nitrogens with zero attached hydrogens (tertiary/aromatic N) is 1. The van der Waals surface area contributed by atoms with Crippen LogP contribution >= 0.6 is 0 Å². The molecule has 1 rings (SSSR count). The number of benzene rings is 1. The fourth-order valence-corrected chi connectivity index (χ4v) is 1.37.